The Balaban J connectivity index is 1.31. The molecule has 0 radical (unpaired) electrons. The van der Waals surface area contributed by atoms with E-state index in [0.29, 0.717) is 29.6 Å². The number of phenols is 1. The Morgan fingerprint density at radius 1 is 1.10 bits per heavy atom. The number of hydrogen-bond acceptors (Lipinski definition) is 6. The fourth-order valence-corrected chi connectivity index (χ4v) is 4.29. The first kappa shape index (κ1) is 18.1. The van der Waals surface area contributed by atoms with E-state index in [1.807, 2.05) is 6.07 Å². The largest absolute Gasteiger partial charge is 0.507 e. The molecule has 4 atom stereocenters. The molecule has 2 aliphatic heterocycles. The van der Waals surface area contributed by atoms with E-state index in [0.717, 1.165) is 30.4 Å². The second-order valence-corrected chi connectivity index (χ2v) is 7.71. The molecule has 150 valence electrons. The van der Waals surface area contributed by atoms with Crippen molar-refractivity contribution in [1.82, 2.24) is 25.7 Å². The Morgan fingerprint density at radius 2 is 2.03 bits per heavy atom. The van der Waals surface area contributed by atoms with Crippen molar-refractivity contribution < 1.29 is 14.2 Å². The molecule has 3 aromatic rings. The van der Waals surface area contributed by atoms with Crippen LogP contribution in [0.2, 0.25) is 0 Å². The first-order chi connectivity index (χ1) is 14.2. The highest BCUT2D eigenvalue weighted by Crippen LogP contribution is 2.33. The molecule has 2 fully saturated rings. The van der Waals surface area contributed by atoms with Crippen LogP contribution in [0.3, 0.4) is 0 Å². The third kappa shape index (κ3) is 3.55. The SMILES string of the molecule is Oc1cc(-c2cn[nH]c2)ccc1-c1ccc(O[C@H]2C[C@@H]3CCC[C@@H](N3)[C@H]2F)nn1. The molecule has 0 unspecified atom stereocenters. The van der Waals surface area contributed by atoms with E-state index in [4.69, 9.17) is 4.74 Å². The van der Waals surface area contributed by atoms with Crippen molar-refractivity contribution >= 4 is 0 Å². The molecule has 0 aliphatic carbocycles. The van der Waals surface area contributed by atoms with Gasteiger partial charge in [0.25, 0.3) is 0 Å². The summed E-state index contributed by atoms with van der Waals surface area (Å²) in [6.07, 6.45) is 5.49. The maximum absolute atomic E-state index is 14.7. The van der Waals surface area contributed by atoms with E-state index in [-0.39, 0.29) is 11.8 Å². The molecular weight excluding hydrogens is 373 g/mol. The number of phenolic OH excluding ortho intramolecular Hbond substituents is 1. The van der Waals surface area contributed by atoms with Crippen LogP contribution in [-0.4, -0.2) is 49.9 Å². The number of aromatic amines is 1. The van der Waals surface area contributed by atoms with Crippen molar-refractivity contribution in [2.45, 2.75) is 50.0 Å². The highest BCUT2D eigenvalue weighted by Gasteiger charge is 2.41. The van der Waals surface area contributed by atoms with E-state index in [9.17, 15) is 9.50 Å². The van der Waals surface area contributed by atoms with Crippen LogP contribution in [0, 0.1) is 0 Å². The Labute approximate surface area is 167 Å². The number of halogens is 1. The van der Waals surface area contributed by atoms with E-state index >= 15 is 0 Å². The molecule has 2 aliphatic rings. The van der Waals surface area contributed by atoms with Gasteiger partial charge in [-0.3, -0.25) is 5.10 Å². The number of nitrogens with zero attached hydrogens (tertiary/aromatic N) is 3. The second-order valence-electron chi connectivity index (χ2n) is 7.71. The molecule has 4 heterocycles. The predicted octanol–water partition coefficient (Wildman–Crippen LogP) is 3.24. The molecule has 0 spiro atoms. The number of alkyl halides is 1. The number of piperidine rings is 2. The van der Waals surface area contributed by atoms with Gasteiger partial charge in [-0.15, -0.1) is 10.2 Å². The summed E-state index contributed by atoms with van der Waals surface area (Å²) >= 11 is 0. The lowest BCUT2D eigenvalue weighted by molar-refractivity contribution is 0.00652. The van der Waals surface area contributed by atoms with Crippen molar-refractivity contribution in [2.24, 2.45) is 0 Å². The number of rotatable bonds is 4. The Bertz CT molecular complexity index is 979. The third-order valence-corrected chi connectivity index (χ3v) is 5.79. The third-order valence-electron chi connectivity index (χ3n) is 5.79. The van der Waals surface area contributed by atoms with Gasteiger partial charge < -0.3 is 15.2 Å². The van der Waals surface area contributed by atoms with Crippen molar-refractivity contribution in [3.8, 4) is 34.0 Å². The Morgan fingerprint density at radius 3 is 2.79 bits per heavy atom. The van der Waals surface area contributed by atoms with Gasteiger partial charge >= 0.3 is 0 Å². The molecule has 2 bridgehead atoms. The molecule has 7 nitrogen and oxygen atoms in total. The summed E-state index contributed by atoms with van der Waals surface area (Å²) in [5, 5.41) is 28.7. The second kappa shape index (κ2) is 7.44. The monoisotopic (exact) mass is 395 g/mol. The van der Waals surface area contributed by atoms with Gasteiger partial charge in [-0.1, -0.05) is 12.5 Å². The summed E-state index contributed by atoms with van der Waals surface area (Å²) in [7, 11) is 0. The van der Waals surface area contributed by atoms with E-state index < -0.39 is 12.3 Å². The average molecular weight is 395 g/mol. The van der Waals surface area contributed by atoms with Crippen molar-refractivity contribution in [1.29, 1.82) is 0 Å². The molecule has 1 aromatic carbocycles. The van der Waals surface area contributed by atoms with Gasteiger partial charge in [0.2, 0.25) is 5.88 Å². The molecule has 0 saturated carbocycles. The summed E-state index contributed by atoms with van der Waals surface area (Å²) in [6, 6.07) is 8.91. The van der Waals surface area contributed by atoms with E-state index in [1.165, 1.54) is 0 Å². The van der Waals surface area contributed by atoms with Gasteiger partial charge in [-0.2, -0.15) is 5.10 Å². The number of ether oxygens (including phenoxy) is 1. The minimum Gasteiger partial charge on any atom is -0.507 e. The van der Waals surface area contributed by atoms with Crippen LogP contribution in [0.5, 0.6) is 11.6 Å². The standard InChI is InChI=1S/C21H22FN5O2/c22-21-17-3-1-2-14(25-17)9-19(21)29-20-7-6-16(26-27-20)15-5-4-12(8-18(15)28)13-10-23-24-11-13/h4-8,10-11,14,17,19,21,25,28H,1-3,9H2,(H,23,24)/t14-,17+,19-,21+/m0/s1. The molecule has 29 heavy (non-hydrogen) atoms. The average Bonchev–Trinajstić information content (AvgIpc) is 3.28. The van der Waals surface area contributed by atoms with Crippen LogP contribution in [-0.2, 0) is 0 Å². The number of benzene rings is 1. The van der Waals surface area contributed by atoms with Crippen LogP contribution in [0.15, 0.2) is 42.7 Å². The number of H-pyrrole nitrogens is 1. The Kier molecular flexibility index (Phi) is 4.63. The van der Waals surface area contributed by atoms with Gasteiger partial charge in [0.15, 0.2) is 6.17 Å². The minimum atomic E-state index is -1.05. The van der Waals surface area contributed by atoms with Gasteiger partial charge in [0, 0.05) is 41.9 Å². The molecule has 2 saturated heterocycles. The van der Waals surface area contributed by atoms with Gasteiger partial charge in [-0.05, 0) is 36.6 Å². The van der Waals surface area contributed by atoms with Crippen molar-refractivity contribution in [3.63, 3.8) is 0 Å². The first-order valence-corrected chi connectivity index (χ1v) is 9.90. The molecule has 8 heteroatoms. The normalized spacial score (nSPS) is 26.2. The Hall–Kier alpha value is -3.00. The maximum Gasteiger partial charge on any atom is 0.233 e. The lowest BCUT2D eigenvalue weighted by atomic mass is 9.84. The summed E-state index contributed by atoms with van der Waals surface area (Å²) in [5.74, 6) is 0.401. The summed E-state index contributed by atoms with van der Waals surface area (Å²) in [6.45, 7) is 0. The zero-order valence-electron chi connectivity index (χ0n) is 15.8. The summed E-state index contributed by atoms with van der Waals surface area (Å²) < 4.78 is 20.5. The minimum absolute atomic E-state index is 0.0988. The number of hydrogen-bond donors (Lipinski definition) is 3. The number of aromatic nitrogens is 4. The summed E-state index contributed by atoms with van der Waals surface area (Å²) in [5.41, 5.74) is 2.82. The maximum atomic E-state index is 14.7. The van der Waals surface area contributed by atoms with Crippen molar-refractivity contribution in [3.05, 3.63) is 42.7 Å². The van der Waals surface area contributed by atoms with Crippen LogP contribution in [0.25, 0.3) is 22.4 Å². The number of aromatic hydroxyl groups is 1. The van der Waals surface area contributed by atoms with E-state index in [1.54, 1.807) is 36.7 Å². The topological polar surface area (TPSA) is 96.0 Å². The highest BCUT2D eigenvalue weighted by atomic mass is 19.1. The van der Waals surface area contributed by atoms with E-state index in [2.05, 4.69) is 25.7 Å². The first-order valence-electron chi connectivity index (χ1n) is 9.90. The smallest absolute Gasteiger partial charge is 0.233 e. The van der Waals surface area contributed by atoms with Crippen molar-refractivity contribution in [2.75, 3.05) is 0 Å². The predicted molar refractivity (Wildman–Crippen MR) is 105 cm³/mol. The molecule has 0 amide bonds. The molecule has 2 aromatic heterocycles. The lowest BCUT2D eigenvalue weighted by Crippen LogP contribution is -2.59. The van der Waals surface area contributed by atoms with Crippen LogP contribution in [0.1, 0.15) is 25.7 Å². The fourth-order valence-electron chi connectivity index (χ4n) is 4.29. The van der Waals surface area contributed by atoms with Gasteiger partial charge in [0.1, 0.15) is 11.9 Å². The zero-order valence-corrected chi connectivity index (χ0v) is 15.8. The molecule has 3 N–H and O–H groups in total. The zero-order chi connectivity index (χ0) is 19.8. The lowest BCUT2D eigenvalue weighted by Gasteiger charge is -2.42. The van der Waals surface area contributed by atoms with Gasteiger partial charge in [-0.25, -0.2) is 4.39 Å². The molecular formula is C21H22FN5O2. The highest BCUT2D eigenvalue weighted by molar-refractivity contribution is 5.73. The quantitative estimate of drug-likeness (QED) is 0.628. The fraction of sp³-hybridized carbons (Fsp3) is 0.381. The van der Waals surface area contributed by atoms with Crippen LogP contribution >= 0.6 is 0 Å². The van der Waals surface area contributed by atoms with Crippen LogP contribution in [0.4, 0.5) is 4.39 Å². The number of nitrogens with one attached hydrogen (secondary N) is 2. The summed E-state index contributed by atoms with van der Waals surface area (Å²) in [4.78, 5) is 0. The van der Waals surface area contributed by atoms with Gasteiger partial charge in [0.05, 0.1) is 11.9 Å². The van der Waals surface area contributed by atoms with Crippen LogP contribution < -0.4 is 10.1 Å². The number of fused-ring (bicyclic) bond motifs is 2. The molecule has 5 rings (SSSR count).